The van der Waals surface area contributed by atoms with E-state index in [0.29, 0.717) is 11.2 Å². The Morgan fingerprint density at radius 2 is 2.31 bits per heavy atom. The molecule has 0 bridgehead atoms. The van der Waals surface area contributed by atoms with E-state index in [0.717, 1.165) is 25.9 Å². The molecular formula is C9H21N3S. The van der Waals surface area contributed by atoms with Crippen molar-refractivity contribution in [2.45, 2.75) is 31.9 Å². The van der Waals surface area contributed by atoms with Crippen LogP contribution in [0.4, 0.5) is 0 Å². The van der Waals surface area contributed by atoms with Gasteiger partial charge in [-0.3, -0.25) is 4.99 Å². The molecule has 0 fully saturated rings. The Balaban J connectivity index is 3.41. The number of rotatable bonds is 6. The van der Waals surface area contributed by atoms with Crippen LogP contribution in [-0.4, -0.2) is 30.6 Å². The van der Waals surface area contributed by atoms with Crippen molar-refractivity contribution in [2.24, 2.45) is 10.7 Å². The van der Waals surface area contributed by atoms with Crippen LogP contribution in [0.25, 0.3) is 0 Å². The van der Waals surface area contributed by atoms with Crippen molar-refractivity contribution in [1.29, 1.82) is 0 Å². The number of hydrogen-bond donors (Lipinski definition) is 2. The van der Waals surface area contributed by atoms with Crippen molar-refractivity contribution in [3.63, 3.8) is 0 Å². The molecule has 0 rings (SSSR count). The summed E-state index contributed by atoms with van der Waals surface area (Å²) in [6.45, 7) is 6.04. The molecule has 0 aromatic rings. The third kappa shape index (κ3) is 7.96. The summed E-state index contributed by atoms with van der Waals surface area (Å²) in [7, 11) is 0. The van der Waals surface area contributed by atoms with Gasteiger partial charge in [0.15, 0.2) is 5.96 Å². The maximum atomic E-state index is 5.62. The van der Waals surface area contributed by atoms with Crippen LogP contribution >= 0.6 is 11.8 Å². The van der Waals surface area contributed by atoms with Crippen LogP contribution in [0, 0.1) is 0 Å². The Morgan fingerprint density at radius 1 is 1.62 bits per heavy atom. The van der Waals surface area contributed by atoms with Crippen molar-refractivity contribution in [3.8, 4) is 0 Å². The minimum Gasteiger partial charge on any atom is -0.370 e. The van der Waals surface area contributed by atoms with Crippen molar-refractivity contribution in [3.05, 3.63) is 0 Å². The van der Waals surface area contributed by atoms with Crippen molar-refractivity contribution >= 4 is 17.7 Å². The average molecular weight is 203 g/mol. The molecule has 0 radical (unpaired) electrons. The van der Waals surface area contributed by atoms with Crippen molar-refractivity contribution in [2.75, 3.05) is 19.3 Å². The number of nitrogens with zero attached hydrogens (tertiary/aromatic N) is 1. The molecule has 4 heteroatoms. The number of guanidine groups is 1. The zero-order valence-electron chi connectivity index (χ0n) is 8.84. The monoisotopic (exact) mass is 203 g/mol. The lowest BCUT2D eigenvalue weighted by atomic mass is 10.3. The van der Waals surface area contributed by atoms with Gasteiger partial charge < -0.3 is 11.1 Å². The standard InChI is InChI=1S/C9H21N3S/c1-4-6-11-9(10)12-7-5-8(2)13-3/h8H,4-7H2,1-3H3,(H3,10,11,12)/t8-/m0/s1. The van der Waals surface area contributed by atoms with E-state index in [2.05, 4.69) is 30.4 Å². The number of nitrogens with two attached hydrogens (primary N) is 1. The first-order chi connectivity index (χ1) is 6.20. The first-order valence-corrected chi connectivity index (χ1v) is 6.06. The van der Waals surface area contributed by atoms with Gasteiger partial charge in [0.1, 0.15) is 0 Å². The lowest BCUT2D eigenvalue weighted by Gasteiger charge is -2.09. The molecule has 0 aliphatic rings. The summed E-state index contributed by atoms with van der Waals surface area (Å²) in [6, 6.07) is 0. The summed E-state index contributed by atoms with van der Waals surface area (Å²) < 4.78 is 0. The lowest BCUT2D eigenvalue weighted by molar-refractivity contribution is 0.759. The van der Waals surface area contributed by atoms with Crippen LogP contribution in [0.15, 0.2) is 4.99 Å². The summed E-state index contributed by atoms with van der Waals surface area (Å²) in [6.07, 6.45) is 4.30. The van der Waals surface area contributed by atoms with E-state index >= 15 is 0 Å². The molecule has 0 amide bonds. The van der Waals surface area contributed by atoms with E-state index in [1.807, 2.05) is 11.8 Å². The number of hydrogen-bond acceptors (Lipinski definition) is 2. The highest BCUT2D eigenvalue weighted by molar-refractivity contribution is 7.99. The van der Waals surface area contributed by atoms with Crippen LogP contribution in [0.5, 0.6) is 0 Å². The molecule has 0 spiro atoms. The Kier molecular flexibility index (Phi) is 7.99. The second-order valence-electron chi connectivity index (χ2n) is 3.03. The Morgan fingerprint density at radius 3 is 2.85 bits per heavy atom. The predicted octanol–water partition coefficient (Wildman–Crippen LogP) is 1.44. The topological polar surface area (TPSA) is 50.4 Å². The molecule has 78 valence electrons. The zero-order valence-corrected chi connectivity index (χ0v) is 9.66. The fourth-order valence-corrected chi connectivity index (χ4v) is 1.16. The highest BCUT2D eigenvalue weighted by Gasteiger charge is 1.98. The minimum absolute atomic E-state index is 0.579. The quantitative estimate of drug-likeness (QED) is 0.507. The molecule has 0 aromatic heterocycles. The highest BCUT2D eigenvalue weighted by Crippen LogP contribution is 2.07. The summed E-state index contributed by atoms with van der Waals surface area (Å²) >= 11 is 1.87. The Labute approximate surface area is 85.6 Å². The molecule has 0 unspecified atom stereocenters. The van der Waals surface area contributed by atoms with E-state index in [1.165, 1.54) is 0 Å². The summed E-state index contributed by atoms with van der Waals surface area (Å²) in [4.78, 5) is 4.14. The predicted molar refractivity (Wildman–Crippen MR) is 62.4 cm³/mol. The van der Waals surface area contributed by atoms with Gasteiger partial charge in [-0.15, -0.1) is 0 Å². The minimum atomic E-state index is 0.579. The van der Waals surface area contributed by atoms with E-state index in [9.17, 15) is 0 Å². The smallest absolute Gasteiger partial charge is 0.188 e. The number of nitrogens with one attached hydrogen (secondary N) is 1. The van der Waals surface area contributed by atoms with Crippen LogP contribution in [0.3, 0.4) is 0 Å². The number of thioether (sulfide) groups is 1. The van der Waals surface area contributed by atoms with Gasteiger partial charge in [-0.05, 0) is 19.1 Å². The maximum absolute atomic E-state index is 5.62. The molecule has 3 N–H and O–H groups in total. The van der Waals surface area contributed by atoms with E-state index < -0.39 is 0 Å². The highest BCUT2D eigenvalue weighted by atomic mass is 32.2. The fraction of sp³-hybridized carbons (Fsp3) is 0.889. The van der Waals surface area contributed by atoms with Gasteiger partial charge in [0.05, 0.1) is 0 Å². The largest absolute Gasteiger partial charge is 0.370 e. The third-order valence-electron chi connectivity index (χ3n) is 1.77. The number of aliphatic imine (C=N–C) groups is 1. The summed E-state index contributed by atoms with van der Waals surface area (Å²) in [5, 5.41) is 3.78. The molecule has 1 atom stereocenters. The van der Waals surface area contributed by atoms with Gasteiger partial charge in [-0.25, -0.2) is 0 Å². The van der Waals surface area contributed by atoms with E-state index in [-0.39, 0.29) is 0 Å². The van der Waals surface area contributed by atoms with Crippen molar-refractivity contribution in [1.82, 2.24) is 5.32 Å². The Hall–Kier alpha value is -0.380. The second-order valence-corrected chi connectivity index (χ2v) is 4.30. The first kappa shape index (κ1) is 12.6. The second kappa shape index (κ2) is 8.23. The van der Waals surface area contributed by atoms with Crippen LogP contribution in [0.2, 0.25) is 0 Å². The fourth-order valence-electron chi connectivity index (χ4n) is 0.810. The summed E-state index contributed by atoms with van der Waals surface area (Å²) in [5.74, 6) is 0.579. The van der Waals surface area contributed by atoms with Crippen LogP contribution in [-0.2, 0) is 0 Å². The lowest BCUT2D eigenvalue weighted by Crippen LogP contribution is -2.33. The molecule has 3 nitrogen and oxygen atoms in total. The molecule has 0 aliphatic heterocycles. The summed E-state index contributed by atoms with van der Waals surface area (Å²) in [5.41, 5.74) is 5.62. The zero-order chi connectivity index (χ0) is 10.1. The van der Waals surface area contributed by atoms with Gasteiger partial charge in [0.2, 0.25) is 0 Å². The SMILES string of the molecule is CCCN=C(N)NCC[C@H](C)SC. The van der Waals surface area contributed by atoms with Gasteiger partial charge in [-0.1, -0.05) is 13.8 Å². The van der Waals surface area contributed by atoms with Gasteiger partial charge >= 0.3 is 0 Å². The van der Waals surface area contributed by atoms with Crippen LogP contribution < -0.4 is 11.1 Å². The van der Waals surface area contributed by atoms with Crippen LogP contribution in [0.1, 0.15) is 26.7 Å². The Bertz CT molecular complexity index is 148. The third-order valence-corrected chi connectivity index (χ3v) is 2.81. The van der Waals surface area contributed by atoms with E-state index in [1.54, 1.807) is 0 Å². The molecule has 0 heterocycles. The molecule has 0 aliphatic carbocycles. The molecule has 0 aromatic carbocycles. The molecule has 0 saturated heterocycles. The maximum Gasteiger partial charge on any atom is 0.188 e. The van der Waals surface area contributed by atoms with Gasteiger partial charge in [-0.2, -0.15) is 11.8 Å². The molecular weight excluding hydrogens is 182 g/mol. The van der Waals surface area contributed by atoms with Gasteiger partial charge in [0, 0.05) is 18.3 Å². The molecule has 13 heavy (non-hydrogen) atoms. The van der Waals surface area contributed by atoms with Crippen molar-refractivity contribution < 1.29 is 0 Å². The van der Waals surface area contributed by atoms with E-state index in [4.69, 9.17) is 5.73 Å². The molecule has 0 saturated carbocycles. The first-order valence-electron chi connectivity index (χ1n) is 4.77. The van der Waals surface area contributed by atoms with Gasteiger partial charge in [0.25, 0.3) is 0 Å². The normalized spacial score (nSPS) is 14.2. The average Bonchev–Trinajstić information content (AvgIpc) is 2.14.